The maximum atomic E-state index is 2.46. The highest BCUT2D eigenvalue weighted by molar-refractivity contribution is 5.96. The first-order valence-corrected chi connectivity index (χ1v) is 21.1. The minimum absolute atomic E-state index is 0.0448. The van der Waals surface area contributed by atoms with Crippen LogP contribution in [-0.2, 0) is 16.2 Å². The third-order valence-electron chi connectivity index (χ3n) is 14.5. The van der Waals surface area contributed by atoms with Crippen molar-refractivity contribution >= 4 is 5.57 Å². The summed E-state index contributed by atoms with van der Waals surface area (Å²) in [5.41, 5.74) is 25.7. The summed E-state index contributed by atoms with van der Waals surface area (Å²) in [6, 6.07) is 69.6. The Balaban J connectivity index is 1.14. The molecule has 0 N–H and O–H groups in total. The van der Waals surface area contributed by atoms with E-state index in [1.165, 1.54) is 111 Å². The van der Waals surface area contributed by atoms with Gasteiger partial charge in [0.15, 0.2) is 0 Å². The van der Waals surface area contributed by atoms with Gasteiger partial charge in [0.1, 0.15) is 0 Å². The van der Waals surface area contributed by atoms with E-state index in [9.17, 15) is 0 Å². The summed E-state index contributed by atoms with van der Waals surface area (Å²) >= 11 is 0. The van der Waals surface area contributed by atoms with E-state index >= 15 is 0 Å². The van der Waals surface area contributed by atoms with Crippen LogP contribution in [0.4, 0.5) is 0 Å². The van der Waals surface area contributed by atoms with Crippen LogP contribution in [0.1, 0.15) is 83.3 Å². The molecule has 12 rings (SSSR count). The van der Waals surface area contributed by atoms with Gasteiger partial charge in [-0.15, -0.1) is 0 Å². The Morgan fingerprint density at radius 3 is 1.42 bits per heavy atom. The lowest BCUT2D eigenvalue weighted by molar-refractivity contribution is 0.631. The van der Waals surface area contributed by atoms with Crippen LogP contribution in [0.15, 0.2) is 200 Å². The fourth-order valence-electron chi connectivity index (χ4n) is 12.2. The SMILES string of the molecule is C/C=C\C1=C(C)c2ccccc2C12c1ccccc1C1(c3ccccc3-c3ccccc31)c1c(-c3ccc(-c4ccc5c(c4)C(C)(C)c4ccccc4-5)cc3)cccc12. The molecule has 0 fully saturated rings. The summed E-state index contributed by atoms with van der Waals surface area (Å²) in [5.74, 6) is 0. The summed E-state index contributed by atoms with van der Waals surface area (Å²) in [7, 11) is 0. The van der Waals surface area contributed by atoms with E-state index in [0.717, 1.165) is 0 Å². The monoisotopic (exact) mass is 752 g/mol. The first-order chi connectivity index (χ1) is 28.9. The van der Waals surface area contributed by atoms with Crippen molar-refractivity contribution in [2.24, 2.45) is 0 Å². The lowest BCUT2D eigenvalue weighted by atomic mass is 9.51. The smallest absolute Gasteiger partial charge is 0.0725 e. The van der Waals surface area contributed by atoms with E-state index in [1.807, 2.05) is 0 Å². The molecule has 0 heteroatoms. The van der Waals surface area contributed by atoms with Gasteiger partial charge in [0.25, 0.3) is 0 Å². The molecule has 8 aromatic carbocycles. The molecule has 1 unspecified atom stereocenters. The van der Waals surface area contributed by atoms with Gasteiger partial charge in [-0.1, -0.05) is 202 Å². The predicted octanol–water partition coefficient (Wildman–Crippen LogP) is 14.7. The molecule has 0 saturated carbocycles. The van der Waals surface area contributed by atoms with Crippen LogP contribution < -0.4 is 0 Å². The molecule has 0 bridgehead atoms. The summed E-state index contributed by atoms with van der Waals surface area (Å²) in [6.07, 6.45) is 4.63. The summed E-state index contributed by atoms with van der Waals surface area (Å²) < 4.78 is 0. The van der Waals surface area contributed by atoms with Crippen LogP contribution in [-0.4, -0.2) is 0 Å². The quantitative estimate of drug-likeness (QED) is 0.169. The predicted molar refractivity (Wildman–Crippen MR) is 246 cm³/mol. The van der Waals surface area contributed by atoms with Gasteiger partial charge in [-0.05, 0) is 131 Å². The van der Waals surface area contributed by atoms with Gasteiger partial charge >= 0.3 is 0 Å². The minimum atomic E-state index is -0.535. The van der Waals surface area contributed by atoms with Gasteiger partial charge < -0.3 is 0 Å². The first-order valence-electron chi connectivity index (χ1n) is 21.1. The second kappa shape index (κ2) is 12.1. The van der Waals surface area contributed by atoms with Crippen LogP contribution in [0, 0.1) is 0 Å². The number of hydrogen-bond acceptors (Lipinski definition) is 0. The van der Waals surface area contributed by atoms with Gasteiger partial charge in [-0.25, -0.2) is 0 Å². The molecule has 0 heterocycles. The van der Waals surface area contributed by atoms with Crippen LogP contribution >= 0.6 is 0 Å². The highest BCUT2D eigenvalue weighted by atomic mass is 14.6. The molecule has 4 aliphatic rings. The molecule has 280 valence electrons. The molecular formula is C59H44. The van der Waals surface area contributed by atoms with Crippen LogP contribution in [0.25, 0.3) is 50.1 Å². The third-order valence-corrected chi connectivity index (χ3v) is 14.5. The Labute approximate surface area is 347 Å². The number of allylic oxidation sites excluding steroid dienone is 4. The lowest BCUT2D eigenvalue weighted by Crippen LogP contribution is -2.44. The van der Waals surface area contributed by atoms with Crippen molar-refractivity contribution in [1.82, 2.24) is 0 Å². The summed E-state index contributed by atoms with van der Waals surface area (Å²) in [5, 5.41) is 0. The van der Waals surface area contributed by atoms with Crippen molar-refractivity contribution in [1.29, 1.82) is 0 Å². The van der Waals surface area contributed by atoms with Crippen molar-refractivity contribution in [3.63, 3.8) is 0 Å². The van der Waals surface area contributed by atoms with E-state index in [2.05, 4.69) is 222 Å². The van der Waals surface area contributed by atoms with Crippen molar-refractivity contribution in [3.05, 3.63) is 255 Å². The van der Waals surface area contributed by atoms with E-state index < -0.39 is 10.8 Å². The molecule has 0 aromatic heterocycles. The maximum Gasteiger partial charge on any atom is 0.0725 e. The number of hydrogen-bond donors (Lipinski definition) is 0. The Kier molecular flexibility index (Phi) is 7.05. The Bertz CT molecular complexity index is 3100. The first kappa shape index (κ1) is 34.3. The summed E-state index contributed by atoms with van der Waals surface area (Å²) in [4.78, 5) is 0. The second-order valence-corrected chi connectivity index (χ2v) is 17.5. The largest absolute Gasteiger partial charge is 0.0873 e. The number of benzene rings is 8. The fraction of sp³-hybridized carbons (Fsp3) is 0.119. The zero-order valence-electron chi connectivity index (χ0n) is 34.0. The van der Waals surface area contributed by atoms with Gasteiger partial charge in [-0.3, -0.25) is 0 Å². The van der Waals surface area contributed by atoms with E-state index in [4.69, 9.17) is 0 Å². The molecule has 59 heavy (non-hydrogen) atoms. The topological polar surface area (TPSA) is 0 Å². The molecule has 0 saturated heterocycles. The zero-order valence-corrected chi connectivity index (χ0v) is 34.0. The minimum Gasteiger partial charge on any atom is -0.0873 e. The van der Waals surface area contributed by atoms with Gasteiger partial charge in [0.2, 0.25) is 0 Å². The van der Waals surface area contributed by atoms with Crippen LogP contribution in [0.5, 0.6) is 0 Å². The van der Waals surface area contributed by atoms with E-state index in [0.29, 0.717) is 0 Å². The molecule has 8 aromatic rings. The highest BCUT2D eigenvalue weighted by Crippen LogP contribution is 2.68. The number of fused-ring (bicyclic) bond motifs is 16. The van der Waals surface area contributed by atoms with Crippen molar-refractivity contribution < 1.29 is 0 Å². The van der Waals surface area contributed by atoms with E-state index in [-0.39, 0.29) is 5.41 Å². The Morgan fingerprint density at radius 2 is 0.797 bits per heavy atom. The second-order valence-electron chi connectivity index (χ2n) is 17.5. The van der Waals surface area contributed by atoms with Crippen molar-refractivity contribution in [3.8, 4) is 44.5 Å². The van der Waals surface area contributed by atoms with Crippen LogP contribution in [0.2, 0.25) is 0 Å². The van der Waals surface area contributed by atoms with Gasteiger partial charge in [-0.2, -0.15) is 0 Å². The molecule has 1 atom stereocenters. The molecule has 0 nitrogen and oxygen atoms in total. The normalized spacial score (nSPS) is 18.0. The summed E-state index contributed by atoms with van der Waals surface area (Å²) in [6.45, 7) is 9.22. The maximum absolute atomic E-state index is 2.46. The zero-order chi connectivity index (χ0) is 39.7. The number of rotatable bonds is 3. The van der Waals surface area contributed by atoms with Crippen molar-refractivity contribution in [2.45, 2.75) is 43.9 Å². The molecule has 0 aliphatic heterocycles. The van der Waals surface area contributed by atoms with Gasteiger partial charge in [0, 0.05) is 5.41 Å². The Hall–Kier alpha value is -6.76. The molecule has 4 aliphatic carbocycles. The van der Waals surface area contributed by atoms with Crippen LogP contribution in [0.3, 0.4) is 0 Å². The fourth-order valence-corrected chi connectivity index (χ4v) is 12.2. The standard InChI is InChI=1S/C59H44/c1-5-17-47-37(2)41-18-6-11-24-49(41)58(47)52-27-14-15-28-53(52)59(50-25-12-8-20-44(50)45-21-9-13-26-51(45)59)56-42(22-16-29-54(56)58)39-32-30-38(31-33-39)40-34-35-46-43-19-7-10-23-48(43)57(3,4)55(46)36-40/h5-36H,1-4H3/b17-5-. The molecule has 0 radical (unpaired) electrons. The van der Waals surface area contributed by atoms with E-state index in [1.54, 1.807) is 0 Å². The molecule has 2 spiro atoms. The third kappa shape index (κ3) is 4.19. The average molecular weight is 753 g/mol. The van der Waals surface area contributed by atoms with Crippen molar-refractivity contribution in [2.75, 3.05) is 0 Å². The van der Waals surface area contributed by atoms with Gasteiger partial charge in [0.05, 0.1) is 10.8 Å². The molecular weight excluding hydrogens is 709 g/mol. The highest BCUT2D eigenvalue weighted by Gasteiger charge is 2.59. The Morgan fingerprint density at radius 1 is 0.356 bits per heavy atom. The average Bonchev–Trinajstić information content (AvgIpc) is 3.81. The lowest BCUT2D eigenvalue weighted by Gasteiger charge is -2.50. The molecule has 0 amide bonds.